The fourth-order valence-corrected chi connectivity index (χ4v) is 0.456. The minimum Gasteiger partial charge on any atom is -0.461 e. The molecule has 0 rings (SSSR count). The Labute approximate surface area is 61.3 Å². The number of ether oxygens (including phenoxy) is 1. The van der Waals surface area contributed by atoms with Crippen molar-refractivity contribution in [3.05, 3.63) is 12.7 Å². The maximum atomic E-state index is 10.7. The smallest absolute Gasteiger partial charge is 0.320 e. The average Bonchev–Trinajstić information content (AvgIpc) is 1.82. The molecule has 0 aromatic heterocycles. The number of hydrogen-bond donors (Lipinski definition) is 0. The quantitative estimate of drug-likeness (QED) is 0.418. The second-order valence-corrected chi connectivity index (χ2v) is 2.21. The van der Waals surface area contributed by atoms with Crippen LogP contribution in [0.1, 0.15) is 0 Å². The lowest BCUT2D eigenvalue weighted by atomic mass is 10.6. The van der Waals surface area contributed by atoms with Crippen LogP contribution in [-0.4, -0.2) is 38.1 Å². The first-order chi connectivity index (χ1) is 4.66. The molecular formula is C7H13NO2. The highest BCUT2D eigenvalue weighted by atomic mass is 16.5. The average molecular weight is 143 g/mol. The summed E-state index contributed by atoms with van der Waals surface area (Å²) in [4.78, 5) is 12.5. The number of rotatable bonds is 4. The van der Waals surface area contributed by atoms with Crippen LogP contribution in [0, 0.1) is 0 Å². The molecule has 0 N–H and O–H groups in total. The molecular weight excluding hydrogens is 130 g/mol. The van der Waals surface area contributed by atoms with Gasteiger partial charge in [-0.25, -0.2) is 0 Å². The van der Waals surface area contributed by atoms with Crippen LogP contribution in [0.25, 0.3) is 0 Å². The molecule has 0 saturated heterocycles. The predicted octanol–water partition coefficient (Wildman–Crippen LogP) is 0.277. The molecule has 58 valence electrons. The van der Waals surface area contributed by atoms with Crippen LogP contribution in [0.3, 0.4) is 0 Å². The zero-order chi connectivity index (χ0) is 7.98. The Morgan fingerprint density at radius 3 is 2.70 bits per heavy atom. The van der Waals surface area contributed by atoms with Gasteiger partial charge < -0.3 is 4.74 Å². The number of nitrogens with zero attached hydrogens (tertiary/aromatic N) is 1. The molecule has 0 unspecified atom stereocenters. The molecule has 0 aliphatic carbocycles. The summed E-state index contributed by atoms with van der Waals surface area (Å²) in [5.74, 6) is -0.218. The van der Waals surface area contributed by atoms with Gasteiger partial charge in [-0.3, -0.25) is 9.69 Å². The molecule has 0 saturated carbocycles. The van der Waals surface area contributed by atoms with Crippen molar-refractivity contribution in [3.63, 3.8) is 0 Å². The maximum absolute atomic E-state index is 10.7. The van der Waals surface area contributed by atoms with Crippen molar-refractivity contribution in [2.75, 3.05) is 27.2 Å². The Kier molecular flexibility index (Phi) is 4.58. The van der Waals surface area contributed by atoms with E-state index in [4.69, 9.17) is 4.74 Å². The van der Waals surface area contributed by atoms with Crippen LogP contribution in [0.15, 0.2) is 12.7 Å². The van der Waals surface area contributed by atoms with Crippen LogP contribution in [0.2, 0.25) is 0 Å². The lowest BCUT2D eigenvalue weighted by Crippen LogP contribution is -2.23. The van der Waals surface area contributed by atoms with Gasteiger partial charge in [0, 0.05) is 0 Å². The summed E-state index contributed by atoms with van der Waals surface area (Å²) in [6, 6.07) is 0. The molecule has 0 bridgehead atoms. The Hall–Kier alpha value is -0.830. The molecule has 0 heterocycles. The van der Waals surface area contributed by atoms with E-state index < -0.39 is 0 Å². The van der Waals surface area contributed by atoms with Crippen LogP contribution in [-0.2, 0) is 9.53 Å². The second-order valence-electron chi connectivity index (χ2n) is 2.21. The number of carbonyl (C=O) groups excluding carboxylic acids is 1. The number of carbonyl (C=O) groups is 1. The zero-order valence-electron chi connectivity index (χ0n) is 6.46. The highest BCUT2D eigenvalue weighted by Crippen LogP contribution is 1.81. The van der Waals surface area contributed by atoms with E-state index in [0.29, 0.717) is 13.2 Å². The molecule has 0 aliphatic rings. The first-order valence-corrected chi connectivity index (χ1v) is 3.08. The van der Waals surface area contributed by atoms with Gasteiger partial charge in [-0.1, -0.05) is 12.7 Å². The summed E-state index contributed by atoms with van der Waals surface area (Å²) in [6.45, 7) is 4.05. The number of esters is 1. The monoisotopic (exact) mass is 143 g/mol. The van der Waals surface area contributed by atoms with Gasteiger partial charge in [0.25, 0.3) is 0 Å². The van der Waals surface area contributed by atoms with Gasteiger partial charge in [0.2, 0.25) is 0 Å². The van der Waals surface area contributed by atoms with Crippen molar-refractivity contribution in [1.82, 2.24) is 4.90 Å². The maximum Gasteiger partial charge on any atom is 0.320 e. The molecule has 10 heavy (non-hydrogen) atoms. The first-order valence-electron chi connectivity index (χ1n) is 3.08. The van der Waals surface area contributed by atoms with Crippen LogP contribution < -0.4 is 0 Å². The highest BCUT2D eigenvalue weighted by Gasteiger charge is 2.01. The third kappa shape index (κ3) is 5.31. The number of hydrogen-bond acceptors (Lipinski definition) is 3. The minimum absolute atomic E-state index is 0.218. The zero-order valence-corrected chi connectivity index (χ0v) is 6.46. The van der Waals surface area contributed by atoms with Crippen molar-refractivity contribution in [2.24, 2.45) is 0 Å². The third-order valence-corrected chi connectivity index (χ3v) is 0.807. The minimum atomic E-state index is -0.218. The molecule has 0 fully saturated rings. The standard InChI is InChI=1S/C7H13NO2/c1-4-5-10-7(9)6-8(2)3/h4H,1,5-6H2,2-3H3. The van der Waals surface area contributed by atoms with E-state index in [0.717, 1.165) is 0 Å². The fourth-order valence-electron chi connectivity index (χ4n) is 0.456. The van der Waals surface area contributed by atoms with E-state index in [-0.39, 0.29) is 5.97 Å². The van der Waals surface area contributed by atoms with E-state index in [1.54, 1.807) is 11.0 Å². The summed E-state index contributed by atoms with van der Waals surface area (Å²) in [6.07, 6.45) is 1.55. The van der Waals surface area contributed by atoms with E-state index in [9.17, 15) is 4.79 Å². The number of likely N-dealkylation sites (N-methyl/N-ethyl adjacent to an activating group) is 1. The predicted molar refractivity (Wildman–Crippen MR) is 39.7 cm³/mol. The molecule has 0 amide bonds. The summed E-state index contributed by atoms with van der Waals surface area (Å²) >= 11 is 0. The Morgan fingerprint density at radius 1 is 1.70 bits per heavy atom. The summed E-state index contributed by atoms with van der Waals surface area (Å²) < 4.78 is 4.70. The van der Waals surface area contributed by atoms with Crippen LogP contribution in [0.5, 0.6) is 0 Å². The SMILES string of the molecule is C=CCOC(=O)CN(C)C. The first kappa shape index (κ1) is 9.17. The fraction of sp³-hybridized carbons (Fsp3) is 0.571. The Morgan fingerprint density at radius 2 is 2.30 bits per heavy atom. The highest BCUT2D eigenvalue weighted by molar-refractivity contribution is 5.71. The van der Waals surface area contributed by atoms with E-state index in [2.05, 4.69) is 6.58 Å². The molecule has 0 spiro atoms. The molecule has 3 heteroatoms. The summed E-state index contributed by atoms with van der Waals surface area (Å²) in [7, 11) is 3.63. The Balaban J connectivity index is 3.34. The van der Waals surface area contributed by atoms with Gasteiger partial charge in [-0.05, 0) is 14.1 Å². The largest absolute Gasteiger partial charge is 0.461 e. The molecule has 0 aliphatic heterocycles. The van der Waals surface area contributed by atoms with Crippen LogP contribution in [0.4, 0.5) is 0 Å². The molecule has 0 aromatic rings. The van der Waals surface area contributed by atoms with Crippen molar-refractivity contribution in [3.8, 4) is 0 Å². The topological polar surface area (TPSA) is 29.5 Å². The van der Waals surface area contributed by atoms with Crippen molar-refractivity contribution < 1.29 is 9.53 Å². The van der Waals surface area contributed by atoms with Gasteiger partial charge in [-0.15, -0.1) is 0 Å². The summed E-state index contributed by atoms with van der Waals surface area (Å²) in [5, 5.41) is 0. The third-order valence-electron chi connectivity index (χ3n) is 0.807. The van der Waals surface area contributed by atoms with Gasteiger partial charge in [-0.2, -0.15) is 0 Å². The van der Waals surface area contributed by atoms with Gasteiger partial charge in [0.1, 0.15) is 6.61 Å². The Bertz CT molecular complexity index is 121. The molecule has 3 nitrogen and oxygen atoms in total. The van der Waals surface area contributed by atoms with Crippen molar-refractivity contribution >= 4 is 5.97 Å². The van der Waals surface area contributed by atoms with Crippen molar-refractivity contribution in [2.45, 2.75) is 0 Å². The van der Waals surface area contributed by atoms with E-state index >= 15 is 0 Å². The van der Waals surface area contributed by atoms with Gasteiger partial charge in [0.05, 0.1) is 6.54 Å². The van der Waals surface area contributed by atoms with E-state index in [1.165, 1.54) is 0 Å². The summed E-state index contributed by atoms with van der Waals surface area (Å²) in [5.41, 5.74) is 0. The van der Waals surface area contributed by atoms with Crippen molar-refractivity contribution in [1.29, 1.82) is 0 Å². The molecule has 0 atom stereocenters. The normalized spacial score (nSPS) is 9.50. The van der Waals surface area contributed by atoms with Gasteiger partial charge in [0.15, 0.2) is 0 Å². The molecule has 0 aromatic carbocycles. The second kappa shape index (κ2) is 4.99. The van der Waals surface area contributed by atoms with Crippen LogP contribution >= 0.6 is 0 Å². The lowest BCUT2D eigenvalue weighted by molar-refractivity contribution is -0.143. The van der Waals surface area contributed by atoms with E-state index in [1.807, 2.05) is 14.1 Å². The molecule has 0 radical (unpaired) electrons. The van der Waals surface area contributed by atoms with Gasteiger partial charge >= 0.3 is 5.97 Å². The lowest BCUT2D eigenvalue weighted by Gasteiger charge is -2.07.